The zero-order valence-electron chi connectivity index (χ0n) is 16.2. The normalized spacial score (nSPS) is 10.6. The van der Waals surface area contributed by atoms with Crippen molar-refractivity contribution in [3.63, 3.8) is 0 Å². The number of ether oxygens (including phenoxy) is 3. The fourth-order valence-corrected chi connectivity index (χ4v) is 2.77. The van der Waals surface area contributed by atoms with Crippen LogP contribution in [0.2, 0.25) is 5.02 Å². The second-order valence-corrected chi connectivity index (χ2v) is 6.82. The van der Waals surface area contributed by atoms with Gasteiger partial charge >= 0.3 is 0 Å². The Morgan fingerprint density at radius 1 is 1.07 bits per heavy atom. The van der Waals surface area contributed by atoms with Gasteiger partial charge in [-0.05, 0) is 30.0 Å². The highest BCUT2D eigenvalue weighted by Gasteiger charge is 2.12. The molecule has 0 aliphatic rings. The van der Waals surface area contributed by atoms with Crippen LogP contribution in [0.1, 0.15) is 38.2 Å². The number of carbonyl (C=O) groups is 1. The van der Waals surface area contributed by atoms with E-state index in [1.807, 2.05) is 12.1 Å². The standard InChI is InChI=1S/C21H26ClNO4/c1-14(2)15-7-9-16(10-8-15)27-11-5-6-21(24)23-18-13-19(25-3)17(22)12-20(18)26-4/h7-10,12-14H,5-6,11H2,1-4H3,(H,23,24). The SMILES string of the molecule is COc1cc(NC(=O)CCCOc2ccc(C(C)C)cc2)c(OC)cc1Cl. The molecule has 0 heterocycles. The van der Waals surface area contributed by atoms with E-state index >= 15 is 0 Å². The van der Waals surface area contributed by atoms with Gasteiger partial charge in [-0.25, -0.2) is 0 Å². The Kier molecular flexibility index (Phi) is 7.80. The molecule has 0 radical (unpaired) electrons. The highest BCUT2D eigenvalue weighted by molar-refractivity contribution is 6.32. The Morgan fingerprint density at radius 3 is 2.33 bits per heavy atom. The fourth-order valence-electron chi connectivity index (χ4n) is 2.54. The molecular weight excluding hydrogens is 366 g/mol. The molecule has 6 heteroatoms. The smallest absolute Gasteiger partial charge is 0.224 e. The summed E-state index contributed by atoms with van der Waals surface area (Å²) in [6.07, 6.45) is 0.934. The van der Waals surface area contributed by atoms with Crippen LogP contribution in [0.15, 0.2) is 36.4 Å². The van der Waals surface area contributed by atoms with Crippen LogP contribution in [-0.4, -0.2) is 26.7 Å². The molecule has 0 unspecified atom stereocenters. The molecule has 27 heavy (non-hydrogen) atoms. The van der Waals surface area contributed by atoms with Gasteiger partial charge in [-0.2, -0.15) is 0 Å². The first kappa shape index (κ1) is 20.9. The van der Waals surface area contributed by atoms with Crippen molar-refractivity contribution >= 4 is 23.2 Å². The summed E-state index contributed by atoms with van der Waals surface area (Å²) in [5.41, 5.74) is 1.79. The number of hydrogen-bond donors (Lipinski definition) is 1. The maximum absolute atomic E-state index is 12.2. The third kappa shape index (κ3) is 6.07. The van der Waals surface area contributed by atoms with E-state index in [0.717, 1.165) is 5.75 Å². The van der Waals surface area contributed by atoms with Gasteiger partial charge in [0.05, 0.1) is 31.5 Å². The predicted octanol–water partition coefficient (Wildman–Crippen LogP) is 5.28. The first-order valence-electron chi connectivity index (χ1n) is 8.88. The number of carbonyl (C=O) groups excluding carboxylic acids is 1. The van der Waals surface area contributed by atoms with Crippen LogP contribution in [0.5, 0.6) is 17.2 Å². The molecule has 0 aliphatic heterocycles. The van der Waals surface area contributed by atoms with Gasteiger partial charge in [-0.1, -0.05) is 37.6 Å². The summed E-state index contributed by atoms with van der Waals surface area (Å²) in [4.78, 5) is 12.2. The number of amides is 1. The third-order valence-electron chi connectivity index (χ3n) is 4.11. The van der Waals surface area contributed by atoms with Crippen LogP contribution < -0.4 is 19.5 Å². The Bertz CT molecular complexity index is 760. The van der Waals surface area contributed by atoms with Crippen molar-refractivity contribution in [1.82, 2.24) is 0 Å². The second-order valence-electron chi connectivity index (χ2n) is 6.41. The van der Waals surface area contributed by atoms with Crippen LogP contribution in [0.4, 0.5) is 5.69 Å². The molecule has 0 fully saturated rings. The quantitative estimate of drug-likeness (QED) is 0.591. The second kappa shape index (κ2) is 10.1. The summed E-state index contributed by atoms with van der Waals surface area (Å²) < 4.78 is 16.1. The van der Waals surface area contributed by atoms with Gasteiger partial charge in [0.25, 0.3) is 0 Å². The maximum Gasteiger partial charge on any atom is 0.224 e. The van der Waals surface area contributed by atoms with Crippen molar-refractivity contribution in [2.75, 3.05) is 26.1 Å². The number of nitrogens with one attached hydrogen (secondary N) is 1. The highest BCUT2D eigenvalue weighted by atomic mass is 35.5. The summed E-state index contributed by atoms with van der Waals surface area (Å²) in [7, 11) is 3.04. The Hall–Kier alpha value is -2.40. The molecule has 2 aromatic rings. The van der Waals surface area contributed by atoms with Gasteiger partial charge in [0.2, 0.25) is 5.91 Å². The Labute approximate surface area is 165 Å². The summed E-state index contributed by atoms with van der Waals surface area (Å²) in [5, 5.41) is 3.24. The minimum atomic E-state index is -0.128. The minimum Gasteiger partial charge on any atom is -0.495 e. The molecule has 0 atom stereocenters. The molecule has 0 saturated heterocycles. The van der Waals surface area contributed by atoms with E-state index in [1.54, 1.807) is 12.1 Å². The number of halogens is 1. The van der Waals surface area contributed by atoms with E-state index in [1.165, 1.54) is 19.8 Å². The predicted molar refractivity (Wildman–Crippen MR) is 108 cm³/mol. The van der Waals surface area contributed by atoms with Gasteiger partial charge in [-0.15, -0.1) is 0 Å². The summed E-state index contributed by atoms with van der Waals surface area (Å²) in [6, 6.07) is 11.3. The molecule has 146 valence electrons. The lowest BCUT2D eigenvalue weighted by atomic mass is 10.0. The molecular formula is C21H26ClNO4. The number of benzene rings is 2. The first-order valence-corrected chi connectivity index (χ1v) is 9.26. The van der Waals surface area contributed by atoms with Crippen molar-refractivity contribution in [1.29, 1.82) is 0 Å². The third-order valence-corrected chi connectivity index (χ3v) is 4.41. The van der Waals surface area contributed by atoms with E-state index in [4.69, 9.17) is 25.8 Å². The fraction of sp³-hybridized carbons (Fsp3) is 0.381. The molecule has 1 N–H and O–H groups in total. The average molecular weight is 392 g/mol. The zero-order valence-corrected chi connectivity index (χ0v) is 16.9. The molecule has 2 aromatic carbocycles. The van der Waals surface area contributed by atoms with Crippen molar-refractivity contribution < 1.29 is 19.0 Å². The number of methoxy groups -OCH3 is 2. The molecule has 5 nitrogen and oxygen atoms in total. The van der Waals surface area contributed by atoms with Crippen LogP contribution in [0.3, 0.4) is 0 Å². The zero-order chi connectivity index (χ0) is 19.8. The lowest BCUT2D eigenvalue weighted by molar-refractivity contribution is -0.116. The maximum atomic E-state index is 12.2. The van der Waals surface area contributed by atoms with Crippen LogP contribution in [-0.2, 0) is 4.79 Å². The first-order chi connectivity index (χ1) is 12.9. The van der Waals surface area contributed by atoms with E-state index in [0.29, 0.717) is 47.6 Å². The highest BCUT2D eigenvalue weighted by Crippen LogP contribution is 2.35. The lowest BCUT2D eigenvalue weighted by Gasteiger charge is -2.13. The van der Waals surface area contributed by atoms with E-state index in [9.17, 15) is 4.79 Å². The number of hydrogen-bond acceptors (Lipinski definition) is 4. The van der Waals surface area contributed by atoms with Crippen LogP contribution in [0.25, 0.3) is 0 Å². The molecule has 0 spiro atoms. The van der Waals surface area contributed by atoms with E-state index in [2.05, 4.69) is 31.3 Å². The van der Waals surface area contributed by atoms with E-state index in [-0.39, 0.29) is 5.91 Å². The number of rotatable bonds is 9. The van der Waals surface area contributed by atoms with Crippen molar-refractivity contribution in [3.8, 4) is 17.2 Å². The van der Waals surface area contributed by atoms with E-state index < -0.39 is 0 Å². The topological polar surface area (TPSA) is 56.8 Å². The van der Waals surface area contributed by atoms with Gasteiger partial charge in [-0.3, -0.25) is 4.79 Å². The van der Waals surface area contributed by atoms with Gasteiger partial charge < -0.3 is 19.5 Å². The lowest BCUT2D eigenvalue weighted by Crippen LogP contribution is -2.13. The number of anilines is 1. The molecule has 0 bridgehead atoms. The molecule has 2 rings (SSSR count). The molecule has 0 saturated carbocycles. The van der Waals surface area contributed by atoms with Gasteiger partial charge in [0, 0.05) is 18.6 Å². The van der Waals surface area contributed by atoms with Crippen LogP contribution in [0, 0.1) is 0 Å². The molecule has 0 aliphatic carbocycles. The monoisotopic (exact) mass is 391 g/mol. The largest absolute Gasteiger partial charge is 0.495 e. The average Bonchev–Trinajstić information content (AvgIpc) is 2.66. The van der Waals surface area contributed by atoms with Crippen LogP contribution >= 0.6 is 11.6 Å². The summed E-state index contributed by atoms with van der Waals surface area (Å²) in [5.74, 6) is 2.13. The van der Waals surface area contributed by atoms with Gasteiger partial charge in [0.1, 0.15) is 17.2 Å². The molecule has 0 aromatic heterocycles. The molecule has 1 amide bonds. The Morgan fingerprint density at radius 2 is 1.74 bits per heavy atom. The Balaban J connectivity index is 1.82. The van der Waals surface area contributed by atoms with Crippen molar-refractivity contribution in [2.45, 2.75) is 32.6 Å². The van der Waals surface area contributed by atoms with Crippen molar-refractivity contribution in [3.05, 3.63) is 47.0 Å². The summed E-state index contributed by atoms with van der Waals surface area (Å²) in [6.45, 7) is 4.77. The van der Waals surface area contributed by atoms with Crippen molar-refractivity contribution in [2.24, 2.45) is 0 Å². The minimum absolute atomic E-state index is 0.128. The summed E-state index contributed by atoms with van der Waals surface area (Å²) >= 11 is 6.07. The van der Waals surface area contributed by atoms with Gasteiger partial charge in [0.15, 0.2) is 0 Å².